The van der Waals surface area contributed by atoms with Crippen LogP contribution in [0.4, 0.5) is 5.69 Å². The van der Waals surface area contributed by atoms with Crippen molar-refractivity contribution in [1.82, 2.24) is 14.9 Å². The molecule has 7 nitrogen and oxygen atoms in total. The van der Waals surface area contributed by atoms with E-state index in [9.17, 15) is 14.9 Å². The van der Waals surface area contributed by atoms with Crippen molar-refractivity contribution in [3.63, 3.8) is 0 Å². The summed E-state index contributed by atoms with van der Waals surface area (Å²) in [6.45, 7) is 3.20. The maximum absolute atomic E-state index is 13.2. The Kier molecular flexibility index (Phi) is 6.64. The van der Waals surface area contributed by atoms with Gasteiger partial charge in [-0.15, -0.1) is 22.7 Å². The largest absolute Gasteiger partial charge is 0.338 e. The first-order chi connectivity index (χ1) is 16.9. The van der Waals surface area contributed by atoms with Crippen LogP contribution in [0.2, 0.25) is 5.02 Å². The van der Waals surface area contributed by atoms with Gasteiger partial charge in [0.25, 0.3) is 11.6 Å². The molecule has 1 fully saturated rings. The van der Waals surface area contributed by atoms with Crippen molar-refractivity contribution >= 4 is 45.9 Å². The van der Waals surface area contributed by atoms with Gasteiger partial charge in [0.05, 0.1) is 21.3 Å². The van der Waals surface area contributed by atoms with Crippen LogP contribution in [-0.2, 0) is 0 Å². The van der Waals surface area contributed by atoms with Crippen LogP contribution >= 0.6 is 34.3 Å². The number of halogens is 1. The second-order valence-corrected chi connectivity index (χ2v) is 10.7. The van der Waals surface area contributed by atoms with Crippen LogP contribution in [0, 0.1) is 17.0 Å². The minimum Gasteiger partial charge on any atom is -0.338 e. The summed E-state index contributed by atoms with van der Waals surface area (Å²) in [7, 11) is 0. The van der Waals surface area contributed by atoms with Gasteiger partial charge in [-0.25, -0.2) is 9.97 Å². The van der Waals surface area contributed by atoms with E-state index in [2.05, 4.69) is 4.98 Å². The highest BCUT2D eigenvalue weighted by atomic mass is 35.5. The topological polar surface area (TPSA) is 89.2 Å². The minimum absolute atomic E-state index is 0.0360. The molecule has 1 amide bonds. The Balaban J connectivity index is 1.26. The quantitative estimate of drug-likeness (QED) is 0.211. The van der Waals surface area contributed by atoms with E-state index >= 15 is 0 Å². The molecule has 0 saturated carbocycles. The minimum atomic E-state index is -0.487. The molecule has 35 heavy (non-hydrogen) atoms. The molecular weight excluding hydrogens is 504 g/mol. The summed E-state index contributed by atoms with van der Waals surface area (Å²) in [5.74, 6) is 0.288. The number of hydrogen-bond acceptors (Lipinski definition) is 7. The van der Waals surface area contributed by atoms with E-state index in [-0.39, 0.29) is 22.5 Å². The Labute approximate surface area is 215 Å². The highest BCUT2D eigenvalue weighted by molar-refractivity contribution is 7.17. The van der Waals surface area contributed by atoms with Gasteiger partial charge in [0.1, 0.15) is 14.9 Å². The van der Waals surface area contributed by atoms with Gasteiger partial charge in [-0.3, -0.25) is 14.9 Å². The Hall–Kier alpha value is -3.14. The van der Waals surface area contributed by atoms with E-state index < -0.39 is 4.92 Å². The second kappa shape index (κ2) is 9.85. The first-order valence-electron chi connectivity index (χ1n) is 11.1. The van der Waals surface area contributed by atoms with Crippen molar-refractivity contribution in [3.05, 3.63) is 84.6 Å². The van der Waals surface area contributed by atoms with Crippen LogP contribution in [0.5, 0.6) is 0 Å². The van der Waals surface area contributed by atoms with E-state index in [4.69, 9.17) is 16.6 Å². The molecule has 4 aromatic rings. The van der Waals surface area contributed by atoms with Crippen LogP contribution in [0.15, 0.2) is 53.9 Å². The van der Waals surface area contributed by atoms with Gasteiger partial charge in [0.2, 0.25) is 0 Å². The lowest BCUT2D eigenvalue weighted by atomic mass is 9.97. The number of piperidine rings is 1. The third-order valence-electron chi connectivity index (χ3n) is 6.10. The molecule has 0 unspecified atom stereocenters. The molecule has 0 radical (unpaired) electrons. The summed E-state index contributed by atoms with van der Waals surface area (Å²) >= 11 is 8.94. The molecular formula is C25H21ClN4O3S2. The van der Waals surface area contributed by atoms with E-state index in [0.29, 0.717) is 29.2 Å². The Morgan fingerprint density at radius 2 is 1.86 bits per heavy atom. The maximum atomic E-state index is 13.2. The van der Waals surface area contributed by atoms with Gasteiger partial charge in [-0.2, -0.15) is 0 Å². The lowest BCUT2D eigenvalue weighted by Crippen LogP contribution is -2.37. The lowest BCUT2D eigenvalue weighted by Gasteiger charge is -2.30. The van der Waals surface area contributed by atoms with Crippen molar-refractivity contribution in [2.24, 2.45) is 0 Å². The van der Waals surface area contributed by atoms with Crippen molar-refractivity contribution in [1.29, 1.82) is 0 Å². The van der Waals surface area contributed by atoms with Gasteiger partial charge in [-0.05, 0) is 25.8 Å². The standard InChI is InChI=1S/C25H21ClN4O3S2/c1-15-22(35-24(27-15)16-5-3-2-4-6-16)25(31)29-11-9-17(10-12-29)23-28-20(14-34-23)18-7-8-19(26)21(13-18)30(32)33/h2-8,13-14,17H,9-12H2,1H3. The van der Waals surface area contributed by atoms with E-state index in [0.717, 1.165) is 34.1 Å². The van der Waals surface area contributed by atoms with E-state index in [1.54, 1.807) is 17.4 Å². The molecule has 1 saturated heterocycles. The highest BCUT2D eigenvalue weighted by Gasteiger charge is 2.29. The average molecular weight is 525 g/mol. The summed E-state index contributed by atoms with van der Waals surface area (Å²) in [6, 6.07) is 14.6. The number of carbonyl (C=O) groups is 1. The van der Waals surface area contributed by atoms with Crippen LogP contribution in [0.25, 0.3) is 21.8 Å². The number of nitro groups is 1. The monoisotopic (exact) mass is 524 g/mol. The number of benzene rings is 2. The molecule has 178 valence electrons. The fraction of sp³-hybridized carbons (Fsp3) is 0.240. The fourth-order valence-electron chi connectivity index (χ4n) is 4.19. The number of carbonyl (C=O) groups excluding carboxylic acids is 1. The van der Waals surface area contributed by atoms with Gasteiger partial charge in [0.15, 0.2) is 0 Å². The molecule has 0 N–H and O–H groups in total. The Morgan fingerprint density at radius 1 is 1.11 bits per heavy atom. The number of aryl methyl sites for hydroxylation is 1. The van der Waals surface area contributed by atoms with Crippen LogP contribution in [0.1, 0.15) is 39.1 Å². The third-order valence-corrected chi connectivity index (χ3v) is 8.62. The predicted octanol–water partition coefficient (Wildman–Crippen LogP) is 6.82. The van der Waals surface area contributed by atoms with Crippen LogP contribution in [0.3, 0.4) is 0 Å². The molecule has 3 heterocycles. The maximum Gasteiger partial charge on any atom is 0.288 e. The van der Waals surface area contributed by atoms with Gasteiger partial charge < -0.3 is 4.90 Å². The smallest absolute Gasteiger partial charge is 0.288 e. The zero-order valence-corrected chi connectivity index (χ0v) is 21.2. The zero-order chi connectivity index (χ0) is 24.5. The van der Waals surface area contributed by atoms with Gasteiger partial charge in [0, 0.05) is 41.6 Å². The normalized spacial score (nSPS) is 14.3. The first kappa shape index (κ1) is 23.6. The number of thiazole rings is 2. The number of nitro benzene ring substituents is 1. The van der Waals surface area contributed by atoms with Crippen molar-refractivity contribution in [3.8, 4) is 21.8 Å². The van der Waals surface area contributed by atoms with E-state index in [1.807, 2.05) is 47.5 Å². The molecule has 1 aliphatic heterocycles. The van der Waals surface area contributed by atoms with E-state index in [1.165, 1.54) is 23.5 Å². The van der Waals surface area contributed by atoms with Crippen molar-refractivity contribution in [2.45, 2.75) is 25.7 Å². The number of aromatic nitrogens is 2. The highest BCUT2D eigenvalue weighted by Crippen LogP contribution is 2.36. The molecule has 0 bridgehead atoms. The Bertz CT molecular complexity index is 1390. The first-order valence-corrected chi connectivity index (χ1v) is 13.2. The molecule has 0 atom stereocenters. The molecule has 0 aliphatic carbocycles. The van der Waals surface area contributed by atoms with Crippen molar-refractivity contribution in [2.75, 3.05) is 13.1 Å². The number of hydrogen-bond donors (Lipinski definition) is 0. The molecule has 1 aliphatic rings. The SMILES string of the molecule is Cc1nc(-c2ccccc2)sc1C(=O)N1CCC(c2nc(-c3ccc(Cl)c([N+](=O)[O-])c3)cs2)CC1. The third kappa shape index (κ3) is 4.84. The predicted molar refractivity (Wildman–Crippen MR) is 139 cm³/mol. The summed E-state index contributed by atoms with van der Waals surface area (Å²) in [4.78, 5) is 35.9. The van der Waals surface area contributed by atoms with Crippen molar-refractivity contribution < 1.29 is 9.72 Å². The number of amides is 1. The molecule has 10 heteroatoms. The molecule has 2 aromatic heterocycles. The average Bonchev–Trinajstić information content (AvgIpc) is 3.52. The van der Waals surface area contributed by atoms with Gasteiger partial charge in [-0.1, -0.05) is 48.0 Å². The second-order valence-electron chi connectivity index (χ2n) is 8.36. The number of nitrogens with zero attached hydrogens (tertiary/aromatic N) is 4. The number of rotatable bonds is 5. The molecule has 0 spiro atoms. The number of likely N-dealkylation sites (tertiary alicyclic amines) is 1. The molecule has 5 rings (SSSR count). The lowest BCUT2D eigenvalue weighted by molar-refractivity contribution is -0.384. The van der Waals surface area contributed by atoms with Crippen LogP contribution in [-0.4, -0.2) is 38.8 Å². The summed E-state index contributed by atoms with van der Waals surface area (Å²) in [5.41, 5.74) is 3.04. The molecule has 2 aromatic carbocycles. The fourth-order valence-corrected chi connectivity index (χ4v) is 6.42. The van der Waals surface area contributed by atoms with Gasteiger partial charge >= 0.3 is 0 Å². The summed E-state index contributed by atoms with van der Waals surface area (Å²) in [5, 5.41) is 15.1. The Morgan fingerprint density at radius 3 is 2.57 bits per heavy atom. The van der Waals surface area contributed by atoms with Crippen LogP contribution < -0.4 is 0 Å². The summed E-state index contributed by atoms with van der Waals surface area (Å²) in [6.07, 6.45) is 1.64. The summed E-state index contributed by atoms with van der Waals surface area (Å²) < 4.78 is 0. The zero-order valence-electron chi connectivity index (χ0n) is 18.8.